The van der Waals surface area contributed by atoms with Crippen molar-refractivity contribution in [3.63, 3.8) is 0 Å². The summed E-state index contributed by atoms with van der Waals surface area (Å²) in [6.45, 7) is 1.86. The molecule has 0 bridgehead atoms. The normalized spacial score (nSPS) is 11.5. The number of nitrogens with one attached hydrogen (secondary N) is 1. The topological polar surface area (TPSA) is 55.4 Å². The third kappa shape index (κ3) is 4.59. The van der Waals surface area contributed by atoms with Crippen molar-refractivity contribution in [2.45, 2.75) is 6.92 Å². The van der Waals surface area contributed by atoms with E-state index in [1.165, 1.54) is 0 Å². The van der Waals surface area contributed by atoms with Crippen LogP contribution in [0.1, 0.15) is 5.56 Å². The Kier molecular flexibility index (Phi) is 6.60. The molecule has 1 aromatic carbocycles. The molecule has 1 atom stereocenters. The zero-order valence-electron chi connectivity index (χ0n) is 8.98. The summed E-state index contributed by atoms with van der Waals surface area (Å²) < 4.78 is 23.3. The van der Waals surface area contributed by atoms with Gasteiger partial charge in [0.15, 0.2) is 0 Å². The second-order valence-corrected chi connectivity index (χ2v) is 3.90. The van der Waals surface area contributed by atoms with Crippen LogP contribution in [0.15, 0.2) is 18.2 Å². The van der Waals surface area contributed by atoms with Crippen molar-refractivity contribution >= 4 is 22.6 Å². The van der Waals surface area contributed by atoms with E-state index < -0.39 is 11.3 Å². The zero-order chi connectivity index (χ0) is 10.7. The molecule has 0 heterocycles. The van der Waals surface area contributed by atoms with Crippen molar-refractivity contribution in [1.29, 1.82) is 0 Å². The average Bonchev–Trinajstić information content (AvgIpc) is 2.07. The Labute approximate surface area is 118 Å². The first-order chi connectivity index (χ1) is 6.50. The van der Waals surface area contributed by atoms with Gasteiger partial charge in [0.25, 0.3) is 0 Å². The molecule has 0 fully saturated rings. The van der Waals surface area contributed by atoms with Crippen molar-refractivity contribution in [1.82, 2.24) is 0 Å². The average molecular weight is 302 g/mol. The molecule has 1 N–H and O–H groups in total. The minimum absolute atomic E-state index is 0. The van der Waals surface area contributed by atoms with Crippen molar-refractivity contribution < 1.29 is 41.5 Å². The van der Waals surface area contributed by atoms with Crippen LogP contribution in [0.2, 0.25) is 0 Å². The molecular weight excluding hydrogens is 289 g/mol. The second-order valence-electron chi connectivity index (χ2n) is 3.23. The smallest absolute Gasteiger partial charge is 0.755 e. The maximum absolute atomic E-state index is 10.5. The van der Waals surface area contributed by atoms with E-state index in [1.807, 2.05) is 38.1 Å². The Hall–Kier alpha value is 0.0339. The Morgan fingerprint density at radius 1 is 1.40 bits per heavy atom. The molecule has 0 amide bonds. The predicted octanol–water partition coefficient (Wildman–Crippen LogP) is 1.26. The van der Waals surface area contributed by atoms with E-state index >= 15 is 0 Å². The minimum atomic E-state index is -2.27. The first kappa shape index (κ1) is 15.0. The van der Waals surface area contributed by atoms with Gasteiger partial charge in [-0.1, -0.05) is 6.07 Å². The van der Waals surface area contributed by atoms with Crippen molar-refractivity contribution in [2.75, 3.05) is 23.7 Å². The Morgan fingerprint density at radius 2 is 2.00 bits per heavy atom. The maximum atomic E-state index is 10.5. The Bertz CT molecular complexity index is 358. The van der Waals surface area contributed by atoms with Crippen LogP contribution in [-0.2, 0) is 44.0 Å². The fourth-order valence-corrected chi connectivity index (χ4v) is 1.49. The number of hydrogen-bond acceptors (Lipinski definition) is 3. The summed E-state index contributed by atoms with van der Waals surface area (Å²) in [4.78, 5) is 1.92. The first-order valence-electron chi connectivity index (χ1n) is 4.14. The summed E-state index contributed by atoms with van der Waals surface area (Å²) in [5.41, 5.74) is 2.48. The van der Waals surface area contributed by atoms with Gasteiger partial charge in [-0.15, -0.1) is 0 Å². The van der Waals surface area contributed by atoms with E-state index in [-0.39, 0.29) is 32.7 Å². The molecule has 1 aromatic rings. The van der Waals surface area contributed by atoms with Crippen LogP contribution in [0.5, 0.6) is 0 Å². The Morgan fingerprint density at radius 3 is 2.47 bits per heavy atom. The molecule has 15 heavy (non-hydrogen) atoms. The molecule has 0 aliphatic carbocycles. The summed E-state index contributed by atoms with van der Waals surface area (Å²) >= 11 is -2.27. The molecule has 4 nitrogen and oxygen atoms in total. The van der Waals surface area contributed by atoms with Crippen molar-refractivity contribution in [2.24, 2.45) is 0 Å². The molecule has 0 saturated carbocycles. The predicted molar refractivity (Wildman–Crippen MR) is 58.0 cm³/mol. The van der Waals surface area contributed by atoms with E-state index in [0.29, 0.717) is 5.69 Å². The number of nitrogens with zero attached hydrogens (tertiary/aromatic N) is 1. The quantitative estimate of drug-likeness (QED) is 0.855. The van der Waals surface area contributed by atoms with Crippen LogP contribution >= 0.6 is 0 Å². The largest absolute Gasteiger partial charge is 3.00 e. The summed E-state index contributed by atoms with van der Waals surface area (Å²) in [5.74, 6) is 0. The maximum Gasteiger partial charge on any atom is 3.00 e. The molecule has 0 saturated heterocycles. The SMILES string of the molecule is Cc1ccc(N(C)C)cc1NS(=O)[O-].[Y+3]. The molecule has 6 heteroatoms. The standard InChI is InChI=1S/C9H14N2O2S.Y/c1-7-4-5-8(11(2)3)6-9(7)10-14(12)13;/h4-6,10H,1-3H3,(H,12,13);/q;+3/p-1. The zero-order valence-corrected chi connectivity index (χ0v) is 12.6. The number of benzene rings is 1. The van der Waals surface area contributed by atoms with E-state index in [0.717, 1.165) is 11.3 Å². The van der Waals surface area contributed by atoms with Crippen LogP contribution in [0.3, 0.4) is 0 Å². The van der Waals surface area contributed by atoms with E-state index in [1.54, 1.807) is 6.07 Å². The van der Waals surface area contributed by atoms with Crippen molar-refractivity contribution in [3.05, 3.63) is 23.8 Å². The third-order valence-corrected chi connectivity index (χ3v) is 2.32. The molecule has 0 aromatic heterocycles. The van der Waals surface area contributed by atoms with Gasteiger partial charge in [-0.25, -0.2) is 0 Å². The van der Waals surface area contributed by atoms with Crippen LogP contribution in [0.4, 0.5) is 11.4 Å². The van der Waals surface area contributed by atoms with E-state index in [4.69, 9.17) is 0 Å². The first-order valence-corrected chi connectivity index (χ1v) is 5.22. The molecular formula is C9H13N2O2SY+2. The minimum Gasteiger partial charge on any atom is -0.755 e. The number of anilines is 2. The van der Waals surface area contributed by atoms with Gasteiger partial charge in [0, 0.05) is 31.0 Å². The molecule has 0 aliphatic heterocycles. The molecule has 1 rings (SSSR count). The molecule has 78 valence electrons. The van der Waals surface area contributed by atoms with Crippen LogP contribution in [0.25, 0.3) is 0 Å². The summed E-state index contributed by atoms with van der Waals surface area (Å²) in [6.07, 6.45) is 0. The van der Waals surface area contributed by atoms with Gasteiger partial charge in [0.2, 0.25) is 0 Å². The third-order valence-electron chi connectivity index (χ3n) is 1.93. The molecule has 0 aliphatic rings. The summed E-state index contributed by atoms with van der Waals surface area (Å²) in [5, 5.41) is 0. The molecule has 0 radical (unpaired) electrons. The Balaban J connectivity index is 0.00000196. The summed E-state index contributed by atoms with van der Waals surface area (Å²) in [7, 11) is 3.81. The van der Waals surface area contributed by atoms with Crippen LogP contribution in [0, 0.1) is 6.92 Å². The second kappa shape index (κ2) is 6.58. The van der Waals surface area contributed by atoms with Gasteiger partial charge in [0.05, 0.1) is 5.69 Å². The monoisotopic (exact) mass is 302 g/mol. The molecule has 1 unspecified atom stereocenters. The number of rotatable bonds is 3. The van der Waals surface area contributed by atoms with Gasteiger partial charge in [-0.3, -0.25) is 4.21 Å². The van der Waals surface area contributed by atoms with E-state index in [2.05, 4.69) is 4.72 Å². The number of hydrogen-bond donors (Lipinski definition) is 1. The van der Waals surface area contributed by atoms with Gasteiger partial charge in [-0.05, 0) is 24.6 Å². The van der Waals surface area contributed by atoms with Gasteiger partial charge < -0.3 is 14.2 Å². The van der Waals surface area contributed by atoms with Crippen molar-refractivity contribution in [3.8, 4) is 0 Å². The van der Waals surface area contributed by atoms with Gasteiger partial charge >= 0.3 is 32.7 Å². The fourth-order valence-electron chi connectivity index (χ4n) is 1.09. The van der Waals surface area contributed by atoms with Crippen LogP contribution in [-0.4, -0.2) is 22.9 Å². The fraction of sp³-hybridized carbons (Fsp3) is 0.333. The van der Waals surface area contributed by atoms with Gasteiger partial charge in [0.1, 0.15) is 0 Å². The van der Waals surface area contributed by atoms with Gasteiger partial charge in [-0.2, -0.15) is 0 Å². The molecule has 0 spiro atoms. The summed E-state index contributed by atoms with van der Waals surface area (Å²) in [6, 6.07) is 5.61. The van der Waals surface area contributed by atoms with E-state index in [9.17, 15) is 8.76 Å². The van der Waals surface area contributed by atoms with Crippen LogP contribution < -0.4 is 9.62 Å². The number of aryl methyl sites for hydroxylation is 1.